The molecule has 0 bridgehead atoms. The van der Waals surface area contributed by atoms with Gasteiger partial charge >= 0.3 is 0 Å². The molecular weight excluding hydrogens is 397 g/mol. The topological polar surface area (TPSA) is 44.8 Å². The molecule has 2 aromatic rings. The van der Waals surface area contributed by atoms with Gasteiger partial charge in [-0.25, -0.2) is 0 Å². The minimum atomic E-state index is -0.226. The lowest BCUT2D eigenvalue weighted by molar-refractivity contribution is 0.0162. The number of morpholine rings is 1. The summed E-state index contributed by atoms with van der Waals surface area (Å²) in [5, 5.41) is 3.90. The van der Waals surface area contributed by atoms with E-state index in [9.17, 15) is 4.79 Å². The van der Waals surface area contributed by atoms with Crippen LogP contribution in [0.4, 0.5) is 5.69 Å². The monoisotopic (exact) mass is 421 g/mol. The summed E-state index contributed by atoms with van der Waals surface area (Å²) in [6.45, 7) is 3.52. The smallest absolute Gasteiger partial charge is 0.252 e. The molecular formula is C21H25Cl2N3O2. The number of hydrogen-bond donors (Lipinski definition) is 1. The zero-order valence-corrected chi connectivity index (χ0v) is 17.6. The Balaban J connectivity index is 1.77. The van der Waals surface area contributed by atoms with Gasteiger partial charge in [0.15, 0.2) is 0 Å². The van der Waals surface area contributed by atoms with Gasteiger partial charge in [-0.1, -0.05) is 35.3 Å². The molecule has 1 aliphatic heterocycles. The maximum atomic E-state index is 12.7. The fraction of sp³-hybridized carbons (Fsp3) is 0.381. The summed E-state index contributed by atoms with van der Waals surface area (Å²) in [7, 11) is 4.03. The van der Waals surface area contributed by atoms with Gasteiger partial charge in [0.2, 0.25) is 0 Å². The Kier molecular flexibility index (Phi) is 7.18. The summed E-state index contributed by atoms with van der Waals surface area (Å²) < 4.78 is 5.49. The van der Waals surface area contributed by atoms with Crippen LogP contribution in [0.2, 0.25) is 10.0 Å². The van der Waals surface area contributed by atoms with E-state index in [-0.39, 0.29) is 11.9 Å². The molecule has 3 rings (SSSR count). The number of carbonyl (C=O) groups is 1. The van der Waals surface area contributed by atoms with Gasteiger partial charge in [-0.15, -0.1) is 0 Å². The molecule has 1 N–H and O–H groups in total. The number of amides is 1. The van der Waals surface area contributed by atoms with Gasteiger partial charge in [-0.05, 0) is 35.9 Å². The van der Waals surface area contributed by atoms with Crippen LogP contribution >= 0.6 is 23.2 Å². The maximum absolute atomic E-state index is 12.7. The Morgan fingerprint density at radius 2 is 1.82 bits per heavy atom. The highest BCUT2D eigenvalue weighted by Gasteiger charge is 2.24. The Labute approximate surface area is 176 Å². The van der Waals surface area contributed by atoms with Crippen LogP contribution in [0, 0.1) is 0 Å². The summed E-state index contributed by atoms with van der Waals surface area (Å²) in [6, 6.07) is 13.4. The second-order valence-electron chi connectivity index (χ2n) is 6.98. The van der Waals surface area contributed by atoms with Crippen LogP contribution in [0.5, 0.6) is 0 Å². The number of nitrogens with one attached hydrogen (secondary N) is 1. The number of hydrogen-bond acceptors (Lipinski definition) is 4. The molecule has 0 saturated carbocycles. The van der Waals surface area contributed by atoms with E-state index in [1.54, 1.807) is 18.2 Å². The molecule has 150 valence electrons. The zero-order chi connectivity index (χ0) is 20.1. The normalized spacial score (nSPS) is 15.9. The highest BCUT2D eigenvalue weighted by molar-refractivity contribution is 6.35. The highest BCUT2D eigenvalue weighted by atomic mass is 35.5. The van der Waals surface area contributed by atoms with E-state index in [0.29, 0.717) is 35.4 Å². The second kappa shape index (κ2) is 9.61. The number of benzene rings is 2. The van der Waals surface area contributed by atoms with E-state index < -0.39 is 0 Å². The molecule has 1 heterocycles. The summed E-state index contributed by atoms with van der Waals surface area (Å²) in [4.78, 5) is 17.1. The number of carbonyl (C=O) groups excluding carboxylic acids is 1. The van der Waals surface area contributed by atoms with Crippen LogP contribution in [0.25, 0.3) is 0 Å². The third kappa shape index (κ3) is 5.17. The van der Waals surface area contributed by atoms with Crippen molar-refractivity contribution in [2.75, 3.05) is 51.8 Å². The fourth-order valence-electron chi connectivity index (χ4n) is 3.30. The van der Waals surface area contributed by atoms with E-state index in [1.165, 1.54) is 0 Å². The number of ether oxygens (including phenoxy) is 1. The molecule has 1 amide bonds. The first kappa shape index (κ1) is 20.9. The molecule has 28 heavy (non-hydrogen) atoms. The minimum absolute atomic E-state index is 0.0574. The van der Waals surface area contributed by atoms with Gasteiger partial charge in [0, 0.05) is 44.4 Å². The van der Waals surface area contributed by atoms with Crippen molar-refractivity contribution in [2.24, 2.45) is 0 Å². The Morgan fingerprint density at radius 1 is 1.14 bits per heavy atom. The Bertz CT molecular complexity index is 806. The molecule has 2 aromatic carbocycles. The summed E-state index contributed by atoms with van der Waals surface area (Å²) >= 11 is 12.2. The number of halogens is 2. The van der Waals surface area contributed by atoms with Gasteiger partial charge in [-0.3, -0.25) is 9.69 Å². The lowest BCUT2D eigenvalue weighted by Gasteiger charge is -2.35. The molecule has 1 unspecified atom stereocenters. The van der Waals surface area contributed by atoms with Gasteiger partial charge < -0.3 is 15.0 Å². The van der Waals surface area contributed by atoms with Crippen LogP contribution in [0.15, 0.2) is 42.5 Å². The lowest BCUT2D eigenvalue weighted by Crippen LogP contribution is -2.43. The largest absolute Gasteiger partial charge is 0.379 e. The summed E-state index contributed by atoms with van der Waals surface area (Å²) in [5.41, 5.74) is 2.68. The van der Waals surface area contributed by atoms with Crippen molar-refractivity contribution < 1.29 is 9.53 Å². The van der Waals surface area contributed by atoms with Gasteiger partial charge in [0.05, 0.1) is 29.8 Å². The van der Waals surface area contributed by atoms with E-state index in [2.05, 4.69) is 39.4 Å². The zero-order valence-electron chi connectivity index (χ0n) is 16.1. The third-order valence-corrected chi connectivity index (χ3v) is 5.47. The van der Waals surface area contributed by atoms with Crippen molar-refractivity contribution in [3.05, 3.63) is 63.6 Å². The maximum Gasteiger partial charge on any atom is 0.252 e. The molecule has 0 aliphatic carbocycles. The van der Waals surface area contributed by atoms with Crippen molar-refractivity contribution in [3.63, 3.8) is 0 Å². The Hall–Kier alpha value is -1.79. The van der Waals surface area contributed by atoms with Crippen molar-refractivity contribution in [2.45, 2.75) is 6.04 Å². The molecule has 1 atom stereocenters. The SMILES string of the molecule is CN(C)c1ccc(C(CNC(=O)c2cc(Cl)ccc2Cl)N2CCOCC2)cc1. The summed E-state index contributed by atoms with van der Waals surface area (Å²) in [5.74, 6) is -0.226. The number of anilines is 1. The molecule has 1 saturated heterocycles. The molecule has 1 fully saturated rings. The van der Waals surface area contributed by atoms with Crippen molar-refractivity contribution >= 4 is 34.8 Å². The van der Waals surface area contributed by atoms with Gasteiger partial charge in [0.25, 0.3) is 5.91 Å². The minimum Gasteiger partial charge on any atom is -0.379 e. The Morgan fingerprint density at radius 3 is 2.46 bits per heavy atom. The molecule has 0 radical (unpaired) electrons. The van der Waals surface area contributed by atoms with Crippen LogP contribution < -0.4 is 10.2 Å². The van der Waals surface area contributed by atoms with Crippen LogP contribution in [0.1, 0.15) is 22.0 Å². The molecule has 0 aromatic heterocycles. The summed E-state index contributed by atoms with van der Waals surface area (Å²) in [6.07, 6.45) is 0. The van der Waals surface area contributed by atoms with Gasteiger partial charge in [-0.2, -0.15) is 0 Å². The third-order valence-electron chi connectivity index (χ3n) is 4.91. The first-order valence-electron chi connectivity index (χ1n) is 9.28. The first-order chi connectivity index (χ1) is 13.5. The van der Waals surface area contributed by atoms with Crippen LogP contribution in [0.3, 0.4) is 0 Å². The van der Waals surface area contributed by atoms with Crippen LogP contribution in [-0.4, -0.2) is 57.8 Å². The fourth-order valence-corrected chi connectivity index (χ4v) is 3.67. The van der Waals surface area contributed by atoms with E-state index in [1.807, 2.05) is 14.1 Å². The molecule has 1 aliphatic rings. The van der Waals surface area contributed by atoms with E-state index in [4.69, 9.17) is 27.9 Å². The quantitative estimate of drug-likeness (QED) is 0.768. The van der Waals surface area contributed by atoms with Crippen LogP contribution in [-0.2, 0) is 4.74 Å². The average molecular weight is 422 g/mol. The second-order valence-corrected chi connectivity index (χ2v) is 7.83. The predicted molar refractivity (Wildman–Crippen MR) is 115 cm³/mol. The molecule has 0 spiro atoms. The molecule has 5 nitrogen and oxygen atoms in total. The lowest BCUT2D eigenvalue weighted by atomic mass is 10.0. The van der Waals surface area contributed by atoms with Crippen molar-refractivity contribution in [1.82, 2.24) is 10.2 Å². The van der Waals surface area contributed by atoms with Crippen molar-refractivity contribution in [1.29, 1.82) is 0 Å². The van der Waals surface area contributed by atoms with Crippen molar-refractivity contribution in [3.8, 4) is 0 Å². The predicted octanol–water partition coefficient (Wildman–Crippen LogP) is 3.86. The average Bonchev–Trinajstić information content (AvgIpc) is 2.71. The van der Waals surface area contributed by atoms with E-state index >= 15 is 0 Å². The number of rotatable bonds is 6. The number of nitrogens with zero attached hydrogens (tertiary/aromatic N) is 2. The molecule has 7 heteroatoms. The van der Waals surface area contributed by atoms with Gasteiger partial charge in [0.1, 0.15) is 0 Å². The highest BCUT2D eigenvalue weighted by Crippen LogP contribution is 2.25. The first-order valence-corrected chi connectivity index (χ1v) is 10.0. The van der Waals surface area contributed by atoms with E-state index in [0.717, 1.165) is 24.3 Å². The standard InChI is InChI=1S/C21H25Cl2N3O2/c1-25(2)17-6-3-15(4-7-17)20(26-9-11-28-12-10-26)14-24-21(27)18-13-16(22)5-8-19(18)23/h3-8,13,20H,9-12,14H2,1-2H3,(H,24,27).